The van der Waals surface area contributed by atoms with Crippen LogP contribution in [0.15, 0.2) is 58.6 Å². The monoisotopic (exact) mass is 490 g/mol. The lowest BCUT2D eigenvalue weighted by Crippen LogP contribution is -2.30. The zero-order valence-electron chi connectivity index (χ0n) is 17.2. The van der Waals surface area contributed by atoms with Gasteiger partial charge in [0.05, 0.1) is 0 Å². The van der Waals surface area contributed by atoms with Gasteiger partial charge in [-0.25, -0.2) is 5.06 Å². The van der Waals surface area contributed by atoms with Gasteiger partial charge < -0.3 is 4.90 Å². The fourth-order valence-electron chi connectivity index (χ4n) is 3.27. The molecule has 0 unspecified atom stereocenters. The Morgan fingerprint density at radius 1 is 0.968 bits per heavy atom. The summed E-state index contributed by atoms with van der Waals surface area (Å²) >= 11 is 3.19. The molecule has 0 fully saturated rings. The van der Waals surface area contributed by atoms with Crippen molar-refractivity contribution in [3.8, 4) is 11.1 Å². The van der Waals surface area contributed by atoms with Gasteiger partial charge in [0, 0.05) is 47.9 Å². The first-order chi connectivity index (χ1) is 14.5. The molecule has 5 nitrogen and oxygen atoms in total. The number of hydrogen-bond acceptors (Lipinski definition) is 7. The second-order valence-corrected chi connectivity index (χ2v) is 9.99. The van der Waals surface area contributed by atoms with Crippen molar-refractivity contribution in [1.29, 1.82) is 0 Å². The van der Waals surface area contributed by atoms with Crippen LogP contribution in [0, 0.1) is 0 Å². The number of alkyl halides is 3. The van der Waals surface area contributed by atoms with Crippen LogP contribution in [-0.4, -0.2) is 45.6 Å². The Balaban J connectivity index is 1.99. The lowest BCUT2D eigenvalue weighted by molar-refractivity contribution is -0.0722. The summed E-state index contributed by atoms with van der Waals surface area (Å²) < 4.78 is 64.3. The van der Waals surface area contributed by atoms with E-state index in [9.17, 15) is 21.6 Å². The van der Waals surface area contributed by atoms with E-state index >= 15 is 0 Å². The van der Waals surface area contributed by atoms with Crippen LogP contribution in [0.5, 0.6) is 0 Å². The molecule has 1 heterocycles. The van der Waals surface area contributed by atoms with Crippen LogP contribution >= 0.6 is 23.5 Å². The van der Waals surface area contributed by atoms with Crippen LogP contribution in [0.2, 0.25) is 0 Å². The van der Waals surface area contributed by atoms with Crippen LogP contribution in [0.4, 0.5) is 18.9 Å². The Labute approximate surface area is 188 Å². The first-order valence-corrected chi connectivity index (χ1v) is 12.9. The molecule has 0 amide bonds. The molecule has 0 aromatic carbocycles. The minimum atomic E-state index is -5.73. The number of allylic oxidation sites excluding steroid dienone is 2. The van der Waals surface area contributed by atoms with E-state index in [-0.39, 0.29) is 5.92 Å². The summed E-state index contributed by atoms with van der Waals surface area (Å²) in [6.45, 7) is 0. The predicted molar refractivity (Wildman–Crippen MR) is 120 cm³/mol. The van der Waals surface area contributed by atoms with Crippen LogP contribution in [-0.2, 0) is 14.4 Å². The van der Waals surface area contributed by atoms with Crippen molar-refractivity contribution in [3.05, 3.63) is 54.4 Å². The highest BCUT2D eigenvalue weighted by Gasteiger charge is 2.49. The van der Waals surface area contributed by atoms with Crippen molar-refractivity contribution < 1.29 is 25.9 Å². The van der Waals surface area contributed by atoms with E-state index in [1.165, 1.54) is 12.4 Å². The maximum atomic E-state index is 12.6. The summed E-state index contributed by atoms with van der Waals surface area (Å²) in [4.78, 5) is 4.15. The third-order valence-electron chi connectivity index (χ3n) is 4.72. The minimum Gasteiger partial charge on any atom is -0.378 e. The highest BCUT2D eigenvalue weighted by Crippen LogP contribution is 2.50. The standard InChI is InChI=1S/C20H21F3N2O3S3/c1-24(2)14-5-7-15-16(8-6-14)19(30-4)17(18(15)29-3)13-9-11-25(12-10-13)28-31(26,27)20(21,22)23/h5-13H,1-4H3. The van der Waals surface area contributed by atoms with E-state index < -0.39 is 15.6 Å². The number of hydrogen-bond donors (Lipinski definition) is 0. The van der Waals surface area contributed by atoms with Gasteiger partial charge in [-0.05, 0) is 41.3 Å². The molecule has 3 aliphatic rings. The van der Waals surface area contributed by atoms with E-state index in [1.54, 1.807) is 35.7 Å². The largest absolute Gasteiger partial charge is 0.525 e. The van der Waals surface area contributed by atoms with Crippen LogP contribution in [0.25, 0.3) is 11.1 Å². The molecule has 0 radical (unpaired) electrons. The fraction of sp³-hybridized carbons (Fsp3) is 0.300. The molecule has 31 heavy (non-hydrogen) atoms. The Bertz CT molecular complexity index is 1040. The molecular weight excluding hydrogens is 469 g/mol. The number of halogens is 3. The van der Waals surface area contributed by atoms with E-state index in [2.05, 4.69) is 16.4 Å². The summed E-state index contributed by atoms with van der Waals surface area (Å²) in [5.41, 5.74) is -1.24. The van der Waals surface area contributed by atoms with Crippen LogP contribution in [0.1, 0.15) is 11.5 Å². The van der Waals surface area contributed by atoms with Gasteiger partial charge in [0.2, 0.25) is 0 Å². The van der Waals surface area contributed by atoms with Crippen molar-refractivity contribution in [1.82, 2.24) is 5.06 Å². The molecule has 0 spiro atoms. The van der Waals surface area contributed by atoms with Crippen molar-refractivity contribution in [2.75, 3.05) is 31.5 Å². The zero-order valence-corrected chi connectivity index (χ0v) is 19.6. The third-order valence-corrected chi connectivity index (χ3v) is 7.35. The van der Waals surface area contributed by atoms with Gasteiger partial charge in [-0.1, -0.05) is 24.3 Å². The maximum Gasteiger partial charge on any atom is 0.525 e. The number of hydroxylamine groups is 2. The average molecular weight is 491 g/mol. The van der Waals surface area contributed by atoms with Gasteiger partial charge in [-0.15, -0.1) is 27.8 Å². The van der Waals surface area contributed by atoms with E-state index in [1.807, 2.05) is 43.6 Å². The van der Waals surface area contributed by atoms with Gasteiger partial charge in [-0.3, -0.25) is 0 Å². The average Bonchev–Trinajstić information content (AvgIpc) is 2.82. The van der Waals surface area contributed by atoms with Gasteiger partial charge in [0.15, 0.2) is 0 Å². The van der Waals surface area contributed by atoms with Crippen molar-refractivity contribution in [2.45, 2.75) is 21.2 Å². The molecular formula is C20H21F3N2O3S3. The Kier molecular flexibility index (Phi) is 6.90. The van der Waals surface area contributed by atoms with Gasteiger partial charge in [-0.2, -0.15) is 21.6 Å². The first kappa shape index (κ1) is 23.8. The molecule has 1 aliphatic heterocycles. The molecule has 2 aliphatic carbocycles. The topological polar surface area (TPSA) is 49.9 Å². The molecule has 11 heteroatoms. The fourth-order valence-corrected chi connectivity index (χ4v) is 5.46. The molecule has 168 valence electrons. The summed E-state index contributed by atoms with van der Waals surface area (Å²) in [5.74, 6) is -0.246. The van der Waals surface area contributed by atoms with E-state index in [4.69, 9.17) is 0 Å². The highest BCUT2D eigenvalue weighted by atomic mass is 32.2. The predicted octanol–water partition coefficient (Wildman–Crippen LogP) is 5.51. The van der Waals surface area contributed by atoms with Crippen LogP contribution in [0.3, 0.4) is 0 Å². The number of thioether (sulfide) groups is 2. The summed E-state index contributed by atoms with van der Waals surface area (Å²) in [6, 6.07) is 8.22. The van der Waals surface area contributed by atoms with E-state index in [0.717, 1.165) is 32.2 Å². The van der Waals surface area contributed by atoms with Gasteiger partial charge in [0.25, 0.3) is 0 Å². The number of anilines is 1. The lowest BCUT2D eigenvalue weighted by atomic mass is 10.0. The third kappa shape index (κ3) is 4.69. The summed E-state index contributed by atoms with van der Waals surface area (Å²) in [7, 11) is -1.79. The second kappa shape index (κ2) is 8.97. The minimum absolute atomic E-state index is 0.246. The number of rotatable bonds is 6. The summed E-state index contributed by atoms with van der Waals surface area (Å²) in [6.07, 6.45) is 9.55. The molecule has 0 atom stereocenters. The molecule has 0 aromatic rings. The maximum absolute atomic E-state index is 12.6. The van der Waals surface area contributed by atoms with Crippen molar-refractivity contribution >= 4 is 39.3 Å². The molecule has 0 bridgehead atoms. The Hall–Kier alpha value is -1.82. The van der Waals surface area contributed by atoms with Crippen LogP contribution < -0.4 is 4.90 Å². The SMILES string of the molecule is CSc1c2ccc(N(C)C)ccc-2c(SC)c1C1C=CN(OS(=O)(=O)C(F)(F)F)C=C1. The first-order valence-electron chi connectivity index (χ1n) is 9.01. The van der Waals surface area contributed by atoms with Crippen molar-refractivity contribution in [2.24, 2.45) is 0 Å². The highest BCUT2D eigenvalue weighted by molar-refractivity contribution is 7.99. The van der Waals surface area contributed by atoms with Gasteiger partial charge in [0.1, 0.15) is 0 Å². The Morgan fingerprint density at radius 3 is 1.84 bits per heavy atom. The quantitative estimate of drug-likeness (QED) is 0.391. The molecule has 0 saturated carbocycles. The van der Waals surface area contributed by atoms with Gasteiger partial charge >= 0.3 is 15.6 Å². The smallest absolute Gasteiger partial charge is 0.378 e. The molecule has 0 aromatic heterocycles. The van der Waals surface area contributed by atoms with Crippen molar-refractivity contribution in [3.63, 3.8) is 0 Å². The number of fused-ring (bicyclic) bond motifs is 1. The summed E-state index contributed by atoms with van der Waals surface area (Å²) in [5, 5.41) is 0.545. The zero-order chi connectivity index (χ0) is 23.0. The second-order valence-electron chi connectivity index (χ2n) is 6.84. The number of nitrogens with zero attached hydrogens (tertiary/aromatic N) is 2. The molecule has 0 N–H and O–H groups in total. The molecule has 0 saturated heterocycles. The molecule has 3 rings (SSSR count). The normalized spacial score (nSPS) is 15.1. The van der Waals surface area contributed by atoms with E-state index in [0.29, 0.717) is 5.06 Å². The lowest BCUT2D eigenvalue weighted by Gasteiger charge is -2.22. The Morgan fingerprint density at radius 2 is 1.45 bits per heavy atom.